The summed E-state index contributed by atoms with van der Waals surface area (Å²) in [4.78, 5) is 14.3. The average Bonchev–Trinajstić information content (AvgIpc) is 2.58. The number of nitrogens with zero attached hydrogens (tertiary/aromatic N) is 1. The minimum atomic E-state index is -3.24. The lowest BCUT2D eigenvalue weighted by Gasteiger charge is -2.21. The van der Waals surface area contributed by atoms with Gasteiger partial charge in [0.25, 0.3) is 0 Å². The molecule has 148 valence electrons. The van der Waals surface area contributed by atoms with Gasteiger partial charge < -0.3 is 4.90 Å². The zero-order valence-electron chi connectivity index (χ0n) is 16.5. The molecule has 0 bridgehead atoms. The summed E-state index contributed by atoms with van der Waals surface area (Å²) in [6, 6.07) is 7.33. The van der Waals surface area contributed by atoms with Crippen LogP contribution in [-0.4, -0.2) is 38.6 Å². The van der Waals surface area contributed by atoms with Crippen molar-refractivity contribution in [1.82, 2.24) is 4.90 Å². The van der Waals surface area contributed by atoms with Gasteiger partial charge in [-0.1, -0.05) is 44.7 Å². The molecule has 0 aromatic heterocycles. The first-order chi connectivity index (χ1) is 12.4. The van der Waals surface area contributed by atoms with Crippen molar-refractivity contribution in [1.29, 1.82) is 0 Å². The monoisotopic (exact) mass is 382 g/mol. The van der Waals surface area contributed by atoms with Crippen molar-refractivity contribution in [3.8, 4) is 0 Å². The summed E-state index contributed by atoms with van der Waals surface area (Å²) in [6.07, 6.45) is 9.39. The van der Waals surface area contributed by atoms with Crippen molar-refractivity contribution in [3.63, 3.8) is 0 Å². The van der Waals surface area contributed by atoms with Gasteiger partial charge in [-0.15, -0.1) is 0 Å². The number of amides is 1. The molecule has 0 fully saturated rings. The topological polar surface area (TPSA) is 66.5 Å². The van der Waals surface area contributed by atoms with E-state index in [1.165, 1.54) is 25.7 Å². The molecule has 5 nitrogen and oxygen atoms in total. The maximum absolute atomic E-state index is 12.3. The number of aryl methyl sites for hydroxylation is 1. The summed E-state index contributed by atoms with van der Waals surface area (Å²) in [5.74, 6) is 0.235. The summed E-state index contributed by atoms with van der Waals surface area (Å²) in [7, 11) is -3.24. The Balaban J connectivity index is 2.33. The number of hydrogen-bond acceptors (Lipinski definition) is 3. The van der Waals surface area contributed by atoms with Crippen molar-refractivity contribution < 1.29 is 13.2 Å². The second-order valence-corrected chi connectivity index (χ2v) is 8.56. The Morgan fingerprint density at radius 3 is 2.23 bits per heavy atom. The van der Waals surface area contributed by atoms with Gasteiger partial charge in [0.15, 0.2) is 0 Å². The Hall–Kier alpha value is -1.56. The Bertz CT molecular complexity index is 627. The van der Waals surface area contributed by atoms with Gasteiger partial charge in [-0.2, -0.15) is 0 Å². The quantitative estimate of drug-likeness (QED) is 0.520. The van der Waals surface area contributed by atoms with E-state index >= 15 is 0 Å². The smallest absolute Gasteiger partial charge is 0.229 e. The van der Waals surface area contributed by atoms with Crippen molar-refractivity contribution in [2.45, 2.75) is 65.2 Å². The third kappa shape index (κ3) is 9.80. The van der Waals surface area contributed by atoms with Crippen molar-refractivity contribution >= 4 is 21.6 Å². The summed E-state index contributed by atoms with van der Waals surface area (Å²) in [5.41, 5.74) is 1.67. The fraction of sp³-hybridized carbons (Fsp3) is 0.650. The maximum Gasteiger partial charge on any atom is 0.229 e. The lowest BCUT2D eigenvalue weighted by atomic mass is 10.1. The van der Waals surface area contributed by atoms with Crippen molar-refractivity contribution in [2.75, 3.05) is 24.1 Å². The molecule has 0 aliphatic heterocycles. The first-order valence-corrected chi connectivity index (χ1v) is 11.6. The van der Waals surface area contributed by atoms with Gasteiger partial charge in [0, 0.05) is 25.2 Å². The van der Waals surface area contributed by atoms with Crippen LogP contribution in [0.1, 0.15) is 64.4 Å². The van der Waals surface area contributed by atoms with Crippen LogP contribution in [0, 0.1) is 0 Å². The molecule has 1 amide bonds. The van der Waals surface area contributed by atoms with E-state index in [4.69, 9.17) is 0 Å². The minimum absolute atomic E-state index is 0.235. The second-order valence-electron chi connectivity index (χ2n) is 6.81. The standard InChI is InChI=1S/C20H34N2O3S/c1-4-6-7-8-9-17-22(5-2)20(23)12-10-11-18-13-15-19(16-14-18)21-26(3,24)25/h13-16,21H,4-12,17H2,1-3H3. The number of carbonyl (C=O) groups is 1. The molecular weight excluding hydrogens is 348 g/mol. The van der Waals surface area contributed by atoms with Crippen LogP contribution < -0.4 is 4.72 Å². The summed E-state index contributed by atoms with van der Waals surface area (Å²) < 4.78 is 24.8. The number of unbranched alkanes of at least 4 members (excludes halogenated alkanes) is 4. The van der Waals surface area contributed by atoms with Gasteiger partial charge in [-0.25, -0.2) is 8.42 Å². The predicted octanol–water partition coefficient (Wildman–Crippen LogP) is 4.20. The van der Waals surface area contributed by atoms with E-state index < -0.39 is 10.0 Å². The van der Waals surface area contributed by atoms with Crippen LogP contribution in [0.2, 0.25) is 0 Å². The maximum atomic E-state index is 12.3. The van der Waals surface area contributed by atoms with Crippen LogP contribution in [-0.2, 0) is 21.2 Å². The van der Waals surface area contributed by atoms with E-state index in [1.807, 2.05) is 24.0 Å². The Morgan fingerprint density at radius 1 is 1.00 bits per heavy atom. The molecule has 1 aromatic carbocycles. The number of nitrogens with one attached hydrogen (secondary N) is 1. The normalized spacial score (nSPS) is 11.3. The van der Waals surface area contributed by atoms with Gasteiger partial charge in [0.05, 0.1) is 6.26 Å². The van der Waals surface area contributed by atoms with Crippen LogP contribution in [0.5, 0.6) is 0 Å². The lowest BCUT2D eigenvalue weighted by Crippen LogP contribution is -2.31. The number of hydrogen-bond donors (Lipinski definition) is 1. The van der Waals surface area contributed by atoms with Crippen molar-refractivity contribution in [3.05, 3.63) is 29.8 Å². The zero-order chi connectivity index (χ0) is 19.4. The van der Waals surface area contributed by atoms with E-state index in [0.717, 1.165) is 44.2 Å². The summed E-state index contributed by atoms with van der Waals surface area (Å²) in [5, 5.41) is 0. The molecule has 0 aliphatic rings. The third-order valence-electron chi connectivity index (χ3n) is 4.38. The average molecular weight is 383 g/mol. The highest BCUT2D eigenvalue weighted by molar-refractivity contribution is 7.92. The molecule has 0 spiro atoms. The minimum Gasteiger partial charge on any atom is -0.343 e. The number of benzene rings is 1. The summed E-state index contributed by atoms with van der Waals surface area (Å²) in [6.45, 7) is 5.89. The van der Waals surface area contributed by atoms with E-state index in [2.05, 4.69) is 11.6 Å². The molecule has 0 atom stereocenters. The van der Waals surface area contributed by atoms with Crippen LogP contribution in [0.4, 0.5) is 5.69 Å². The SMILES string of the molecule is CCCCCCCN(CC)C(=O)CCCc1ccc(NS(C)(=O)=O)cc1. The predicted molar refractivity (Wildman–Crippen MR) is 109 cm³/mol. The molecule has 1 rings (SSSR count). The molecule has 0 saturated heterocycles. The molecular formula is C20H34N2O3S. The lowest BCUT2D eigenvalue weighted by molar-refractivity contribution is -0.131. The molecule has 0 unspecified atom stereocenters. The molecule has 0 heterocycles. The fourth-order valence-electron chi connectivity index (χ4n) is 2.92. The molecule has 0 saturated carbocycles. The second kappa shape index (κ2) is 11.9. The highest BCUT2D eigenvalue weighted by Crippen LogP contribution is 2.13. The molecule has 26 heavy (non-hydrogen) atoms. The van der Waals surface area contributed by atoms with E-state index in [-0.39, 0.29) is 5.91 Å². The van der Waals surface area contributed by atoms with Gasteiger partial charge >= 0.3 is 0 Å². The van der Waals surface area contributed by atoms with Gasteiger partial charge in [-0.05, 0) is 43.9 Å². The highest BCUT2D eigenvalue weighted by Gasteiger charge is 2.11. The van der Waals surface area contributed by atoms with Crippen LogP contribution >= 0.6 is 0 Å². The number of rotatable bonds is 13. The van der Waals surface area contributed by atoms with E-state index in [9.17, 15) is 13.2 Å². The van der Waals surface area contributed by atoms with Gasteiger partial charge in [0.2, 0.25) is 15.9 Å². The van der Waals surface area contributed by atoms with Crippen LogP contribution in [0.3, 0.4) is 0 Å². The van der Waals surface area contributed by atoms with Gasteiger partial charge in [-0.3, -0.25) is 9.52 Å². The third-order valence-corrected chi connectivity index (χ3v) is 4.99. The van der Waals surface area contributed by atoms with E-state index in [0.29, 0.717) is 12.1 Å². The number of sulfonamides is 1. The van der Waals surface area contributed by atoms with Gasteiger partial charge in [0.1, 0.15) is 0 Å². The molecule has 6 heteroatoms. The number of carbonyl (C=O) groups excluding carboxylic acids is 1. The molecule has 0 radical (unpaired) electrons. The Morgan fingerprint density at radius 2 is 1.65 bits per heavy atom. The molecule has 0 aliphatic carbocycles. The van der Waals surface area contributed by atoms with Crippen LogP contribution in [0.15, 0.2) is 24.3 Å². The zero-order valence-corrected chi connectivity index (χ0v) is 17.3. The Labute approximate surface area is 159 Å². The fourth-order valence-corrected chi connectivity index (χ4v) is 3.49. The largest absolute Gasteiger partial charge is 0.343 e. The number of anilines is 1. The molecule has 1 aromatic rings. The first kappa shape index (κ1) is 22.5. The molecule has 1 N–H and O–H groups in total. The highest BCUT2D eigenvalue weighted by atomic mass is 32.2. The summed E-state index contributed by atoms with van der Waals surface area (Å²) >= 11 is 0. The first-order valence-electron chi connectivity index (χ1n) is 9.70. The Kier molecular flexibility index (Phi) is 10.3. The van der Waals surface area contributed by atoms with Crippen LogP contribution in [0.25, 0.3) is 0 Å². The van der Waals surface area contributed by atoms with Crippen molar-refractivity contribution in [2.24, 2.45) is 0 Å². The van der Waals surface area contributed by atoms with E-state index in [1.54, 1.807) is 12.1 Å².